The van der Waals surface area contributed by atoms with Crippen molar-refractivity contribution in [2.45, 2.75) is 413 Å². The van der Waals surface area contributed by atoms with Crippen molar-refractivity contribution < 1.29 is 39.8 Å². The van der Waals surface area contributed by atoms with Gasteiger partial charge in [-0.3, -0.25) is 0 Å². The van der Waals surface area contributed by atoms with E-state index in [1.807, 2.05) is 48.5 Å². The maximum atomic E-state index is 10.6. The van der Waals surface area contributed by atoms with Gasteiger partial charge in [0.25, 0.3) is 0 Å². The average Bonchev–Trinajstić information content (AvgIpc) is 0.744. The summed E-state index contributed by atoms with van der Waals surface area (Å²) < 4.78 is 28.9. The normalized spacial score (nSPS) is 12.8. The van der Waals surface area contributed by atoms with Crippen molar-refractivity contribution in [2.75, 3.05) is 26.4 Å². The molecule has 1 aliphatic rings. The minimum absolute atomic E-state index is 0.0715. The van der Waals surface area contributed by atoms with E-state index < -0.39 is 0 Å². The molecule has 16 nitrogen and oxygen atoms in total. The number of unbranched alkanes of at least 4 members (excludes halogenated alkanes) is 52. The lowest BCUT2D eigenvalue weighted by molar-refractivity contribution is 0.292. The summed E-state index contributed by atoms with van der Waals surface area (Å²) in [4.78, 5) is 0. The summed E-state index contributed by atoms with van der Waals surface area (Å²) in [7, 11) is 0. The summed E-state index contributed by atoms with van der Waals surface area (Å²) in [5.74, 6) is 2.29. The standard InChI is InChI=1S/C96H160N8O8/c1-5-9-13-17-21-25-29-33-37-41-45-49-53-57-61-109-89-77-65-79-71-86(94(98)102-106)73-81(90(79)110-62-58-54-50-46-42-38-34-30-26-22-18-14-10-6-2)67-83-75-88(96(100)104-108)76-84(92(83)112-64-60-56-52-48-44-40-36-32-28-24-20-16-12-8-4)68-82-74-87(95(99)103-107)72-80(66-78(89)70-85(69-77)93(97)101-105)91(82)111-63-59-55-51-47-43-39-35-31-27-23-19-15-11-7-3/h69-76,105-108H,5-68H2,1-4H3,(H2,97,101)(H2,98,102)(H2,99,103)(H2,100,104). The van der Waals surface area contributed by atoms with Crippen molar-refractivity contribution in [1.29, 1.82) is 0 Å². The van der Waals surface area contributed by atoms with Crippen molar-refractivity contribution in [1.82, 2.24) is 0 Å². The fourth-order valence-electron chi connectivity index (χ4n) is 16.3. The van der Waals surface area contributed by atoms with E-state index in [4.69, 9.17) is 41.9 Å². The quantitative estimate of drug-likeness (QED) is 0.00594. The van der Waals surface area contributed by atoms with Crippen LogP contribution in [0.4, 0.5) is 0 Å². The molecule has 0 heterocycles. The maximum absolute atomic E-state index is 10.6. The van der Waals surface area contributed by atoms with Gasteiger partial charge in [-0.1, -0.05) is 382 Å². The van der Waals surface area contributed by atoms with E-state index in [1.165, 1.54) is 283 Å². The predicted octanol–water partition coefficient (Wildman–Crippen LogP) is 26.2. The lowest BCUT2D eigenvalue weighted by Crippen LogP contribution is -2.18. The third-order valence-corrected chi connectivity index (χ3v) is 23.1. The number of rotatable bonds is 68. The molecule has 12 N–H and O–H groups in total. The van der Waals surface area contributed by atoms with Crippen LogP contribution in [0.25, 0.3) is 0 Å². The van der Waals surface area contributed by atoms with E-state index >= 15 is 0 Å². The van der Waals surface area contributed by atoms with Crippen molar-refractivity contribution in [3.05, 3.63) is 115 Å². The Balaban J connectivity index is 1.62. The molecule has 0 fully saturated rings. The van der Waals surface area contributed by atoms with E-state index in [2.05, 4.69) is 48.3 Å². The number of nitrogens with zero attached hydrogens (tertiary/aromatic N) is 4. The van der Waals surface area contributed by atoms with Crippen LogP contribution in [0.3, 0.4) is 0 Å². The van der Waals surface area contributed by atoms with Gasteiger partial charge in [-0.05, 0) is 119 Å². The Morgan fingerprint density at radius 1 is 0.214 bits per heavy atom. The highest BCUT2D eigenvalue weighted by Crippen LogP contribution is 2.42. The molecule has 1 aliphatic carbocycles. The van der Waals surface area contributed by atoms with Gasteiger partial charge in [-0.2, -0.15) is 0 Å². The Labute approximate surface area is 680 Å². The second-order valence-electron chi connectivity index (χ2n) is 32.9. The zero-order chi connectivity index (χ0) is 80.1. The lowest BCUT2D eigenvalue weighted by Gasteiger charge is -2.25. The van der Waals surface area contributed by atoms with Gasteiger partial charge in [-0.15, -0.1) is 0 Å². The number of oxime groups is 4. The van der Waals surface area contributed by atoms with Gasteiger partial charge in [0.1, 0.15) is 23.0 Å². The Morgan fingerprint density at radius 2 is 0.330 bits per heavy atom. The van der Waals surface area contributed by atoms with Gasteiger partial charge in [-0.25, -0.2) is 0 Å². The summed E-state index contributed by atoms with van der Waals surface area (Å²) >= 11 is 0. The third-order valence-electron chi connectivity index (χ3n) is 23.1. The Hall–Kier alpha value is -6.84. The van der Waals surface area contributed by atoms with E-state index in [1.54, 1.807) is 0 Å². The third kappa shape index (κ3) is 39.5. The molecular formula is C96H160N8O8. The topological polar surface area (TPSA) is 271 Å². The predicted molar refractivity (Wildman–Crippen MR) is 470 cm³/mol. The van der Waals surface area contributed by atoms with E-state index in [-0.39, 0.29) is 49.0 Å². The van der Waals surface area contributed by atoms with Crippen LogP contribution in [0, 0.1) is 0 Å². The van der Waals surface area contributed by atoms with Crippen molar-refractivity contribution in [3.8, 4) is 23.0 Å². The molecule has 0 unspecified atom stereocenters. The average molecular weight is 1550 g/mol. The molecule has 0 aromatic heterocycles. The van der Waals surface area contributed by atoms with Crippen molar-refractivity contribution >= 4 is 23.3 Å². The zero-order valence-corrected chi connectivity index (χ0v) is 71.4. The highest BCUT2D eigenvalue weighted by molar-refractivity contribution is 6.00. The van der Waals surface area contributed by atoms with Gasteiger partial charge < -0.3 is 62.7 Å². The SMILES string of the molecule is CCCCCCCCCCCCCCCCOc1c2cc(C(N)=NO)cc1Cc1cc(/C(N)=N\O)cc(c1OCCCCCCCCCCCCCCCC)Cc1cc(/C(N)=N\O)cc(c1OCCCCCCCCCCCCCCCC)Cc1cc(/C(N)=N\O)cc(c1OCCCCCCCCCCCCCCCC)C2. The van der Waals surface area contributed by atoms with Gasteiger partial charge >= 0.3 is 0 Å². The first-order valence-electron chi connectivity index (χ1n) is 46.1. The summed E-state index contributed by atoms with van der Waals surface area (Å²) in [6.07, 6.45) is 70.2. The summed E-state index contributed by atoms with van der Waals surface area (Å²) in [6.45, 7) is 10.9. The number of hydrogen-bond acceptors (Lipinski definition) is 12. The van der Waals surface area contributed by atoms with Gasteiger partial charge in [0.15, 0.2) is 23.3 Å². The molecule has 632 valence electrons. The highest BCUT2D eigenvalue weighted by Gasteiger charge is 2.27. The molecule has 0 saturated carbocycles. The largest absolute Gasteiger partial charge is 0.493 e. The molecule has 0 amide bonds. The van der Waals surface area contributed by atoms with Crippen LogP contribution in [-0.4, -0.2) is 70.6 Å². The first kappa shape index (κ1) is 95.7. The summed E-state index contributed by atoms with van der Waals surface area (Å²) in [5.41, 5.74) is 34.9. The number of benzene rings is 4. The van der Waals surface area contributed by atoms with Crippen LogP contribution in [0.5, 0.6) is 23.0 Å². The molecule has 0 radical (unpaired) electrons. The minimum atomic E-state index is -0.0715. The molecule has 5 rings (SSSR count). The van der Waals surface area contributed by atoms with Crippen molar-refractivity contribution in [2.24, 2.45) is 43.6 Å². The first-order chi connectivity index (χ1) is 55.0. The smallest absolute Gasteiger partial charge is 0.170 e. The number of fused-ring (bicyclic) bond motifs is 8. The second kappa shape index (κ2) is 62.5. The van der Waals surface area contributed by atoms with Crippen LogP contribution in [0.2, 0.25) is 0 Å². The van der Waals surface area contributed by atoms with Gasteiger partial charge in [0.05, 0.1) is 26.4 Å². The first-order valence-corrected chi connectivity index (χ1v) is 46.1. The number of nitrogens with two attached hydrogens (primary N) is 4. The van der Waals surface area contributed by atoms with E-state index in [9.17, 15) is 20.8 Å². The van der Waals surface area contributed by atoms with E-state index in [0.29, 0.717) is 71.7 Å². The Morgan fingerprint density at radius 3 is 0.446 bits per heavy atom. The number of amidine groups is 4. The number of ether oxygens (including phenoxy) is 4. The van der Waals surface area contributed by atoms with Gasteiger partial charge in [0, 0.05) is 47.9 Å². The molecule has 0 saturated heterocycles. The monoisotopic (exact) mass is 1550 g/mol. The second-order valence-corrected chi connectivity index (χ2v) is 32.9. The van der Waals surface area contributed by atoms with Crippen LogP contribution in [-0.2, 0) is 25.7 Å². The Bertz CT molecular complexity index is 2720. The lowest BCUT2D eigenvalue weighted by atomic mass is 9.88. The van der Waals surface area contributed by atoms with Crippen molar-refractivity contribution in [3.63, 3.8) is 0 Å². The van der Waals surface area contributed by atoms with Gasteiger partial charge in [0.2, 0.25) is 0 Å². The molecule has 0 aliphatic heterocycles. The molecule has 4 aromatic rings. The maximum Gasteiger partial charge on any atom is 0.170 e. The highest BCUT2D eigenvalue weighted by atomic mass is 16.5. The fourth-order valence-corrected chi connectivity index (χ4v) is 16.3. The molecular weight excluding hydrogens is 1390 g/mol. The molecule has 4 aromatic carbocycles. The number of hydrogen-bond donors (Lipinski definition) is 8. The zero-order valence-electron chi connectivity index (χ0n) is 71.4. The fraction of sp³-hybridized carbons (Fsp3) is 0.708. The summed E-state index contributed by atoms with van der Waals surface area (Å²) in [5, 5.41) is 56.7. The molecule has 16 heteroatoms. The molecule has 112 heavy (non-hydrogen) atoms. The van der Waals surface area contributed by atoms with Crippen LogP contribution in [0.1, 0.15) is 454 Å². The molecule has 0 atom stereocenters. The molecule has 8 bridgehead atoms. The Kier molecular flexibility index (Phi) is 53.4. The van der Waals surface area contributed by atoms with E-state index in [0.717, 1.165) is 122 Å². The van der Waals surface area contributed by atoms with Crippen LogP contribution >= 0.6 is 0 Å². The molecule has 0 spiro atoms. The minimum Gasteiger partial charge on any atom is -0.493 e. The summed E-state index contributed by atoms with van der Waals surface area (Å²) in [6, 6.07) is 15.5. The van der Waals surface area contributed by atoms with Crippen LogP contribution < -0.4 is 41.9 Å². The van der Waals surface area contributed by atoms with Crippen LogP contribution in [0.15, 0.2) is 69.2 Å².